The Hall–Kier alpha value is -1.69. The zero-order valence-corrected chi connectivity index (χ0v) is 12.5. The molecule has 116 valence electrons. The number of amides is 1. The second-order valence-electron chi connectivity index (χ2n) is 5.49. The summed E-state index contributed by atoms with van der Waals surface area (Å²) in [7, 11) is 0. The Bertz CT molecular complexity index is 508. The molecule has 0 saturated carbocycles. The molecule has 0 aliphatic carbocycles. The second kappa shape index (κ2) is 6.85. The van der Waals surface area contributed by atoms with E-state index in [1.54, 1.807) is 11.8 Å². The van der Waals surface area contributed by atoms with E-state index in [1.165, 1.54) is 12.3 Å². The van der Waals surface area contributed by atoms with Crippen molar-refractivity contribution in [1.82, 2.24) is 9.88 Å². The number of anilines is 1. The zero-order valence-electron chi connectivity index (χ0n) is 12.5. The van der Waals surface area contributed by atoms with Crippen LogP contribution in [0.1, 0.15) is 37.0 Å². The predicted octanol–water partition coefficient (Wildman–Crippen LogP) is 1.89. The van der Waals surface area contributed by atoms with Crippen molar-refractivity contribution in [3.8, 4) is 0 Å². The van der Waals surface area contributed by atoms with Gasteiger partial charge in [0.15, 0.2) is 11.6 Å². The number of likely N-dealkylation sites (tertiary alicyclic amines) is 1. The van der Waals surface area contributed by atoms with E-state index in [9.17, 15) is 14.3 Å². The molecule has 0 radical (unpaired) electrons. The second-order valence-corrected chi connectivity index (χ2v) is 5.49. The maximum Gasteiger partial charge on any atom is 0.257 e. The molecule has 6 heteroatoms. The van der Waals surface area contributed by atoms with Crippen molar-refractivity contribution >= 4 is 11.7 Å². The normalized spacial score (nSPS) is 19.6. The van der Waals surface area contributed by atoms with Crippen LogP contribution in [0, 0.1) is 11.7 Å². The number of halogens is 1. The number of hydrogen-bond donors (Lipinski definition) is 2. The van der Waals surface area contributed by atoms with Crippen LogP contribution in [-0.2, 0) is 0 Å². The first-order valence-corrected chi connectivity index (χ1v) is 7.40. The number of carbonyl (C=O) groups is 1. The number of pyridine rings is 1. The SMILES string of the molecule is CCCNc1nccc(C(=O)N2CCC(C(C)O)C2)c1F. The molecule has 1 aromatic heterocycles. The Balaban J connectivity index is 2.13. The first kappa shape index (κ1) is 15.7. The number of aliphatic hydroxyl groups excluding tert-OH is 1. The summed E-state index contributed by atoms with van der Waals surface area (Å²) in [6.07, 6.45) is 2.58. The number of aliphatic hydroxyl groups is 1. The Kier molecular flexibility index (Phi) is 5.12. The molecule has 1 aromatic rings. The molecule has 2 rings (SSSR count). The van der Waals surface area contributed by atoms with E-state index >= 15 is 0 Å². The van der Waals surface area contributed by atoms with Gasteiger partial charge in [-0.2, -0.15) is 0 Å². The van der Waals surface area contributed by atoms with E-state index < -0.39 is 11.9 Å². The minimum absolute atomic E-state index is 0.0369. The van der Waals surface area contributed by atoms with Crippen LogP contribution >= 0.6 is 0 Å². The summed E-state index contributed by atoms with van der Waals surface area (Å²) < 4.78 is 14.3. The van der Waals surface area contributed by atoms with Crippen LogP contribution in [0.4, 0.5) is 10.2 Å². The topological polar surface area (TPSA) is 65.5 Å². The van der Waals surface area contributed by atoms with Crippen molar-refractivity contribution in [2.75, 3.05) is 25.0 Å². The molecular formula is C15H22FN3O2. The Labute approximate surface area is 124 Å². The number of rotatable bonds is 5. The van der Waals surface area contributed by atoms with Gasteiger partial charge in [0, 0.05) is 31.7 Å². The fourth-order valence-electron chi connectivity index (χ4n) is 2.51. The number of nitrogens with zero attached hydrogens (tertiary/aromatic N) is 2. The highest BCUT2D eigenvalue weighted by Crippen LogP contribution is 2.23. The van der Waals surface area contributed by atoms with Crippen molar-refractivity contribution in [3.63, 3.8) is 0 Å². The molecule has 21 heavy (non-hydrogen) atoms. The van der Waals surface area contributed by atoms with Crippen LogP contribution in [0.25, 0.3) is 0 Å². The first-order chi connectivity index (χ1) is 10.0. The maximum atomic E-state index is 14.3. The third-order valence-electron chi connectivity index (χ3n) is 3.86. The Morgan fingerprint density at radius 1 is 1.67 bits per heavy atom. The third-order valence-corrected chi connectivity index (χ3v) is 3.86. The molecule has 1 saturated heterocycles. The molecule has 2 N–H and O–H groups in total. The minimum Gasteiger partial charge on any atom is -0.393 e. The highest BCUT2D eigenvalue weighted by Gasteiger charge is 2.31. The molecule has 1 aliphatic rings. The van der Waals surface area contributed by atoms with Crippen LogP contribution in [0.5, 0.6) is 0 Å². The van der Waals surface area contributed by atoms with Gasteiger partial charge in [0.05, 0.1) is 11.7 Å². The van der Waals surface area contributed by atoms with E-state index in [0.29, 0.717) is 19.6 Å². The van der Waals surface area contributed by atoms with Crippen LogP contribution in [0.15, 0.2) is 12.3 Å². The quantitative estimate of drug-likeness (QED) is 0.870. The first-order valence-electron chi connectivity index (χ1n) is 7.40. The van der Waals surface area contributed by atoms with Crippen LogP contribution in [-0.4, -0.2) is 46.6 Å². The minimum atomic E-state index is -0.601. The predicted molar refractivity (Wildman–Crippen MR) is 78.7 cm³/mol. The van der Waals surface area contributed by atoms with Gasteiger partial charge in [0.1, 0.15) is 0 Å². The molecule has 2 unspecified atom stereocenters. The van der Waals surface area contributed by atoms with Gasteiger partial charge in [-0.25, -0.2) is 9.37 Å². The fraction of sp³-hybridized carbons (Fsp3) is 0.600. The van der Waals surface area contributed by atoms with Gasteiger partial charge in [-0.15, -0.1) is 0 Å². The van der Waals surface area contributed by atoms with Crippen molar-refractivity contribution in [3.05, 3.63) is 23.6 Å². The smallest absolute Gasteiger partial charge is 0.257 e. The molecule has 1 fully saturated rings. The highest BCUT2D eigenvalue weighted by atomic mass is 19.1. The van der Waals surface area contributed by atoms with Crippen LogP contribution < -0.4 is 5.32 Å². The molecule has 2 atom stereocenters. The number of hydrogen-bond acceptors (Lipinski definition) is 4. The number of aromatic nitrogens is 1. The average molecular weight is 295 g/mol. The lowest BCUT2D eigenvalue weighted by Gasteiger charge is -2.18. The van der Waals surface area contributed by atoms with Crippen molar-refractivity contribution < 1.29 is 14.3 Å². The lowest BCUT2D eigenvalue weighted by molar-refractivity contribution is 0.0758. The molecule has 5 nitrogen and oxygen atoms in total. The van der Waals surface area contributed by atoms with Crippen molar-refractivity contribution in [2.45, 2.75) is 32.8 Å². The average Bonchev–Trinajstić information content (AvgIpc) is 2.95. The Morgan fingerprint density at radius 3 is 3.05 bits per heavy atom. The third kappa shape index (κ3) is 3.50. The van der Waals surface area contributed by atoms with Gasteiger partial charge in [-0.1, -0.05) is 6.92 Å². The maximum absolute atomic E-state index is 14.3. The van der Waals surface area contributed by atoms with Gasteiger partial charge in [0.2, 0.25) is 0 Å². The standard InChI is InChI=1S/C15H22FN3O2/c1-3-6-17-14-13(16)12(4-7-18-14)15(21)19-8-5-11(9-19)10(2)20/h4,7,10-11,20H,3,5-6,8-9H2,1-2H3,(H,17,18). The highest BCUT2D eigenvalue weighted by molar-refractivity contribution is 5.95. The van der Waals surface area contributed by atoms with Crippen LogP contribution in [0.2, 0.25) is 0 Å². The lowest BCUT2D eigenvalue weighted by atomic mass is 10.0. The van der Waals surface area contributed by atoms with E-state index in [1.807, 2.05) is 6.92 Å². The summed E-state index contributed by atoms with van der Waals surface area (Å²) in [5.74, 6) is -0.750. The molecular weight excluding hydrogens is 273 g/mol. The van der Waals surface area contributed by atoms with Crippen molar-refractivity contribution in [2.24, 2.45) is 5.92 Å². The van der Waals surface area contributed by atoms with Gasteiger partial charge >= 0.3 is 0 Å². The van der Waals surface area contributed by atoms with E-state index in [2.05, 4.69) is 10.3 Å². The summed E-state index contributed by atoms with van der Waals surface area (Å²) in [5.41, 5.74) is 0.0369. The summed E-state index contributed by atoms with van der Waals surface area (Å²) in [6.45, 7) is 5.32. The molecule has 1 aliphatic heterocycles. The summed E-state index contributed by atoms with van der Waals surface area (Å²) in [4.78, 5) is 17.9. The monoisotopic (exact) mass is 295 g/mol. The largest absolute Gasteiger partial charge is 0.393 e. The van der Waals surface area contributed by atoms with Crippen LogP contribution in [0.3, 0.4) is 0 Å². The lowest BCUT2D eigenvalue weighted by Crippen LogP contribution is -2.31. The summed E-state index contributed by atoms with van der Waals surface area (Å²) in [5, 5.41) is 12.5. The van der Waals surface area contributed by atoms with Gasteiger partial charge < -0.3 is 15.3 Å². The van der Waals surface area contributed by atoms with Gasteiger partial charge in [0.25, 0.3) is 5.91 Å². The number of carbonyl (C=O) groups excluding carboxylic acids is 1. The molecule has 0 bridgehead atoms. The van der Waals surface area contributed by atoms with Crippen molar-refractivity contribution in [1.29, 1.82) is 0 Å². The molecule has 0 aromatic carbocycles. The zero-order chi connectivity index (χ0) is 15.4. The van der Waals surface area contributed by atoms with E-state index in [4.69, 9.17) is 0 Å². The molecule has 0 spiro atoms. The number of nitrogens with one attached hydrogen (secondary N) is 1. The van der Waals surface area contributed by atoms with E-state index in [0.717, 1.165) is 12.8 Å². The van der Waals surface area contributed by atoms with Gasteiger partial charge in [-0.05, 0) is 25.8 Å². The molecule has 1 amide bonds. The fourth-order valence-corrected chi connectivity index (χ4v) is 2.51. The van der Waals surface area contributed by atoms with Gasteiger partial charge in [-0.3, -0.25) is 4.79 Å². The Morgan fingerprint density at radius 2 is 2.43 bits per heavy atom. The van der Waals surface area contributed by atoms with E-state index in [-0.39, 0.29) is 23.2 Å². The molecule has 2 heterocycles. The summed E-state index contributed by atoms with van der Waals surface area (Å²) >= 11 is 0. The summed E-state index contributed by atoms with van der Waals surface area (Å²) in [6, 6.07) is 1.41.